The van der Waals surface area contributed by atoms with E-state index in [9.17, 15) is 14.0 Å². The van der Waals surface area contributed by atoms with Crippen molar-refractivity contribution >= 4 is 23.6 Å². The summed E-state index contributed by atoms with van der Waals surface area (Å²) in [6, 6.07) is 13.0. The second-order valence-electron chi connectivity index (χ2n) is 6.36. The zero-order valence-electron chi connectivity index (χ0n) is 14.9. The van der Waals surface area contributed by atoms with Crippen molar-refractivity contribution in [1.29, 1.82) is 0 Å². The molecule has 2 heterocycles. The summed E-state index contributed by atoms with van der Waals surface area (Å²) in [6.45, 7) is 0.402. The Balaban J connectivity index is 1.24. The molecule has 3 aromatic rings. The van der Waals surface area contributed by atoms with Crippen LogP contribution in [0.1, 0.15) is 33.6 Å². The summed E-state index contributed by atoms with van der Waals surface area (Å²) in [4.78, 5) is 30.1. The molecule has 0 saturated carbocycles. The second-order valence-corrected chi connectivity index (χ2v) is 7.41. The van der Waals surface area contributed by atoms with Crippen molar-refractivity contribution in [3.8, 4) is 11.3 Å². The average molecular weight is 396 g/mol. The third kappa shape index (κ3) is 3.71. The number of unbranched alkanes of at least 4 members (excludes halogenated alkanes) is 1. The molecule has 0 unspecified atom stereocenters. The minimum Gasteiger partial charge on any atom is -0.431 e. The lowest BCUT2D eigenvalue weighted by atomic mass is 10.1. The lowest BCUT2D eigenvalue weighted by Gasteiger charge is -2.13. The Morgan fingerprint density at radius 3 is 2.32 bits per heavy atom. The molecule has 2 aromatic carbocycles. The number of oxazole rings is 1. The number of nitrogens with zero attached hydrogens (tertiary/aromatic N) is 2. The fraction of sp³-hybridized carbons (Fsp3) is 0.190. The van der Waals surface area contributed by atoms with Gasteiger partial charge >= 0.3 is 0 Å². The molecule has 2 amide bonds. The number of imide groups is 1. The largest absolute Gasteiger partial charge is 0.431 e. The van der Waals surface area contributed by atoms with Gasteiger partial charge < -0.3 is 4.42 Å². The Morgan fingerprint density at radius 2 is 1.64 bits per heavy atom. The lowest BCUT2D eigenvalue weighted by molar-refractivity contribution is 0.0652. The fourth-order valence-corrected chi connectivity index (χ4v) is 3.85. The molecule has 1 aromatic heterocycles. The molecular formula is C21H17FN2O3S. The van der Waals surface area contributed by atoms with Gasteiger partial charge in [-0.15, -0.1) is 0 Å². The number of rotatable bonds is 7. The van der Waals surface area contributed by atoms with Crippen LogP contribution in [0.2, 0.25) is 0 Å². The number of fused-ring (bicyclic) bond motifs is 1. The van der Waals surface area contributed by atoms with E-state index in [2.05, 4.69) is 4.98 Å². The van der Waals surface area contributed by atoms with Gasteiger partial charge in [-0.1, -0.05) is 23.9 Å². The maximum atomic E-state index is 13.0. The third-order valence-electron chi connectivity index (χ3n) is 4.49. The Hall–Kier alpha value is -2.93. The van der Waals surface area contributed by atoms with E-state index >= 15 is 0 Å². The van der Waals surface area contributed by atoms with Crippen LogP contribution >= 0.6 is 11.8 Å². The summed E-state index contributed by atoms with van der Waals surface area (Å²) in [5.41, 5.74) is 1.73. The van der Waals surface area contributed by atoms with E-state index < -0.39 is 0 Å². The smallest absolute Gasteiger partial charge is 0.261 e. The van der Waals surface area contributed by atoms with Crippen LogP contribution in [0.4, 0.5) is 4.39 Å². The Kier molecular flexibility index (Phi) is 5.25. The van der Waals surface area contributed by atoms with E-state index in [1.807, 2.05) is 0 Å². The van der Waals surface area contributed by atoms with Crippen LogP contribution in [-0.2, 0) is 0 Å². The average Bonchev–Trinajstić information content (AvgIpc) is 3.27. The zero-order valence-corrected chi connectivity index (χ0v) is 15.7. The molecule has 4 rings (SSSR count). The summed E-state index contributed by atoms with van der Waals surface area (Å²) in [5.74, 6) is 0.617. The van der Waals surface area contributed by atoms with Crippen molar-refractivity contribution in [2.24, 2.45) is 0 Å². The summed E-state index contributed by atoms with van der Waals surface area (Å²) in [6.07, 6.45) is 3.14. The van der Waals surface area contributed by atoms with Crippen molar-refractivity contribution in [2.45, 2.75) is 18.1 Å². The van der Waals surface area contributed by atoms with Gasteiger partial charge in [-0.2, -0.15) is 0 Å². The molecule has 7 heteroatoms. The van der Waals surface area contributed by atoms with E-state index in [-0.39, 0.29) is 17.6 Å². The Labute approximate surface area is 165 Å². The zero-order chi connectivity index (χ0) is 19.5. The molecule has 0 radical (unpaired) electrons. The number of thioether (sulfide) groups is 1. The van der Waals surface area contributed by atoms with Crippen LogP contribution in [-0.4, -0.2) is 34.0 Å². The van der Waals surface area contributed by atoms with Crippen molar-refractivity contribution in [1.82, 2.24) is 9.88 Å². The Bertz CT molecular complexity index is 981. The van der Waals surface area contributed by atoms with Gasteiger partial charge in [0.15, 0.2) is 5.76 Å². The first kappa shape index (κ1) is 18.4. The van der Waals surface area contributed by atoms with Crippen molar-refractivity contribution in [2.75, 3.05) is 12.3 Å². The first-order chi connectivity index (χ1) is 13.6. The highest BCUT2D eigenvalue weighted by atomic mass is 32.2. The maximum absolute atomic E-state index is 13.0. The minimum absolute atomic E-state index is 0.218. The van der Waals surface area contributed by atoms with Crippen LogP contribution in [0.25, 0.3) is 11.3 Å². The van der Waals surface area contributed by atoms with Crippen molar-refractivity contribution in [3.05, 3.63) is 71.7 Å². The summed E-state index contributed by atoms with van der Waals surface area (Å²) in [7, 11) is 0. The highest BCUT2D eigenvalue weighted by molar-refractivity contribution is 7.99. The van der Waals surface area contributed by atoms with Gasteiger partial charge in [-0.25, -0.2) is 9.37 Å². The molecule has 1 aliphatic heterocycles. The molecule has 0 N–H and O–H groups in total. The van der Waals surface area contributed by atoms with Crippen LogP contribution in [0.5, 0.6) is 0 Å². The second kappa shape index (κ2) is 7.98. The molecule has 0 fully saturated rings. The van der Waals surface area contributed by atoms with E-state index in [4.69, 9.17) is 4.42 Å². The standard InChI is InChI=1S/C21H17FN2O3S/c22-15-9-7-14(8-10-15)18-13-23-21(27-18)28-12-4-3-11-24-19(25)16-5-1-2-6-17(16)20(24)26/h1-2,5-10,13H,3-4,11-12H2. The minimum atomic E-state index is -0.295. The number of amides is 2. The van der Waals surface area contributed by atoms with Gasteiger partial charge in [0.05, 0.1) is 17.3 Å². The molecule has 5 nitrogen and oxygen atoms in total. The van der Waals surface area contributed by atoms with E-state index in [1.54, 1.807) is 42.6 Å². The van der Waals surface area contributed by atoms with E-state index in [1.165, 1.54) is 28.8 Å². The van der Waals surface area contributed by atoms with Gasteiger partial charge in [0.25, 0.3) is 17.0 Å². The highest BCUT2D eigenvalue weighted by Gasteiger charge is 2.34. The van der Waals surface area contributed by atoms with Gasteiger partial charge in [0, 0.05) is 17.9 Å². The molecular weight excluding hydrogens is 379 g/mol. The molecule has 0 aliphatic carbocycles. The quantitative estimate of drug-likeness (QED) is 0.330. The lowest BCUT2D eigenvalue weighted by Crippen LogP contribution is -2.30. The van der Waals surface area contributed by atoms with Crippen molar-refractivity contribution < 1.29 is 18.4 Å². The first-order valence-corrected chi connectivity index (χ1v) is 9.92. The van der Waals surface area contributed by atoms with E-state index in [0.29, 0.717) is 35.1 Å². The molecule has 28 heavy (non-hydrogen) atoms. The number of hydrogen-bond donors (Lipinski definition) is 0. The van der Waals surface area contributed by atoms with E-state index in [0.717, 1.165) is 17.7 Å². The van der Waals surface area contributed by atoms with Crippen LogP contribution in [0, 0.1) is 5.82 Å². The number of aromatic nitrogens is 1. The predicted octanol–water partition coefficient (Wildman–Crippen LogP) is 4.65. The van der Waals surface area contributed by atoms with Crippen molar-refractivity contribution in [3.63, 3.8) is 0 Å². The summed E-state index contributed by atoms with van der Waals surface area (Å²) in [5, 5.41) is 0.542. The number of hydrogen-bond acceptors (Lipinski definition) is 5. The monoisotopic (exact) mass is 396 g/mol. The number of carbonyl (C=O) groups excluding carboxylic acids is 2. The normalized spacial score (nSPS) is 13.2. The number of benzene rings is 2. The highest BCUT2D eigenvalue weighted by Crippen LogP contribution is 2.27. The molecule has 0 atom stereocenters. The maximum Gasteiger partial charge on any atom is 0.261 e. The SMILES string of the molecule is O=C1c2ccccc2C(=O)N1CCCCSc1ncc(-c2ccc(F)cc2)o1. The molecule has 0 bridgehead atoms. The first-order valence-electron chi connectivity index (χ1n) is 8.93. The van der Waals surface area contributed by atoms with Gasteiger partial charge in [-0.3, -0.25) is 14.5 Å². The molecule has 0 spiro atoms. The third-order valence-corrected chi connectivity index (χ3v) is 5.42. The molecule has 142 valence electrons. The van der Waals surface area contributed by atoms with Crippen LogP contribution in [0.3, 0.4) is 0 Å². The van der Waals surface area contributed by atoms with Crippen LogP contribution < -0.4 is 0 Å². The van der Waals surface area contributed by atoms with Gasteiger partial charge in [0.1, 0.15) is 5.82 Å². The van der Waals surface area contributed by atoms with Gasteiger partial charge in [0.2, 0.25) is 0 Å². The summed E-state index contributed by atoms with van der Waals surface area (Å²) < 4.78 is 18.7. The fourth-order valence-electron chi connectivity index (χ4n) is 3.05. The molecule has 0 saturated heterocycles. The number of carbonyl (C=O) groups is 2. The molecule has 1 aliphatic rings. The Morgan fingerprint density at radius 1 is 0.964 bits per heavy atom. The predicted molar refractivity (Wildman–Crippen MR) is 104 cm³/mol. The van der Waals surface area contributed by atoms with Crippen LogP contribution in [0.15, 0.2) is 64.4 Å². The van der Waals surface area contributed by atoms with Gasteiger partial charge in [-0.05, 0) is 49.2 Å². The topological polar surface area (TPSA) is 63.4 Å². The summed E-state index contributed by atoms with van der Waals surface area (Å²) >= 11 is 1.47. The number of halogens is 1.